The van der Waals surface area contributed by atoms with Crippen LogP contribution in [-0.2, 0) is 18.3 Å². The molecule has 6 rings (SSSR count). The van der Waals surface area contributed by atoms with E-state index in [-0.39, 0.29) is 39.8 Å². The lowest BCUT2D eigenvalue weighted by Gasteiger charge is -2.59. The van der Waals surface area contributed by atoms with Gasteiger partial charge in [0.1, 0.15) is 11.2 Å². The van der Waals surface area contributed by atoms with Crippen molar-refractivity contribution in [2.45, 2.75) is 179 Å². The van der Waals surface area contributed by atoms with Gasteiger partial charge in [-0.3, -0.25) is 0 Å². The smallest absolute Gasteiger partial charge is 0.192 e. The zero-order chi connectivity index (χ0) is 30.7. The van der Waals surface area contributed by atoms with Gasteiger partial charge in [0.2, 0.25) is 0 Å². The molecule has 12 atom stereocenters. The summed E-state index contributed by atoms with van der Waals surface area (Å²) in [6, 6.07) is 3.47. The Morgan fingerprint density at radius 3 is 2.24 bits per heavy atom. The fraction of sp³-hybridized carbons (Fsp3) is 1.00. The molecule has 0 radical (unpaired) electrons. The van der Waals surface area contributed by atoms with Crippen LogP contribution in [0.5, 0.6) is 0 Å². The van der Waals surface area contributed by atoms with E-state index >= 15 is 0 Å². The number of aliphatic hydroxyl groups is 1. The Bertz CT molecular complexity index is 1030. The summed E-state index contributed by atoms with van der Waals surface area (Å²) in [6.07, 6.45) is 8.00. The molecule has 42 heavy (non-hydrogen) atoms. The molecule has 2 heterocycles. The van der Waals surface area contributed by atoms with E-state index in [4.69, 9.17) is 18.3 Å². The molecule has 6 fully saturated rings. The van der Waals surface area contributed by atoms with Crippen molar-refractivity contribution in [1.29, 1.82) is 0 Å². The van der Waals surface area contributed by atoms with Gasteiger partial charge in [-0.2, -0.15) is 0 Å². The van der Waals surface area contributed by atoms with Gasteiger partial charge in [-0.1, -0.05) is 55.4 Å². The lowest BCUT2D eigenvalue weighted by molar-refractivity contribution is -0.189. The van der Waals surface area contributed by atoms with E-state index in [1.807, 2.05) is 0 Å². The Hall–Kier alpha value is 0.234. The van der Waals surface area contributed by atoms with E-state index in [9.17, 15) is 5.11 Å². The molecule has 0 aromatic carbocycles. The van der Waals surface area contributed by atoms with Gasteiger partial charge in [0.15, 0.2) is 16.6 Å². The number of rotatable bonds is 9. The van der Waals surface area contributed by atoms with Crippen molar-refractivity contribution in [3.63, 3.8) is 0 Å². The third-order valence-electron chi connectivity index (χ3n) is 15.2. The van der Waals surface area contributed by atoms with E-state index in [0.717, 1.165) is 56.8 Å². The second-order valence-corrected chi connectivity index (χ2v) is 27.4. The van der Waals surface area contributed by atoms with Crippen LogP contribution in [0.25, 0.3) is 0 Å². The van der Waals surface area contributed by atoms with E-state index in [1.165, 1.54) is 12.8 Å². The number of ether oxygens (including phenoxy) is 2. The monoisotopic (exact) mass is 620 g/mol. The van der Waals surface area contributed by atoms with Crippen LogP contribution < -0.4 is 0 Å². The topological polar surface area (TPSA) is 63.8 Å². The minimum Gasteiger partial charge on any atom is -0.417 e. The average molecular weight is 621 g/mol. The Labute approximate surface area is 259 Å². The van der Waals surface area contributed by atoms with Crippen LogP contribution in [0, 0.1) is 35.0 Å². The van der Waals surface area contributed by atoms with Crippen molar-refractivity contribution >= 4 is 16.6 Å². The van der Waals surface area contributed by atoms with Gasteiger partial charge < -0.3 is 23.4 Å². The number of epoxide rings is 2. The fourth-order valence-corrected chi connectivity index (χ4v) is 15.1. The molecule has 2 aliphatic heterocycles. The van der Waals surface area contributed by atoms with E-state index in [0.29, 0.717) is 29.8 Å². The zero-order valence-corrected chi connectivity index (χ0v) is 31.0. The van der Waals surface area contributed by atoms with Crippen LogP contribution in [0.15, 0.2) is 0 Å². The summed E-state index contributed by atoms with van der Waals surface area (Å²) >= 11 is 0. The molecule has 2 bridgehead atoms. The highest BCUT2D eigenvalue weighted by Crippen LogP contribution is 2.72. The summed E-state index contributed by atoms with van der Waals surface area (Å²) in [7, 11) is -3.68. The summed E-state index contributed by atoms with van der Waals surface area (Å²) in [6.45, 7) is 26.9. The molecule has 2 saturated heterocycles. The van der Waals surface area contributed by atoms with Gasteiger partial charge in [-0.05, 0) is 111 Å². The molecule has 7 heteroatoms. The maximum Gasteiger partial charge on any atom is 0.192 e. The molecule has 0 unspecified atom stereocenters. The maximum atomic E-state index is 13.3. The summed E-state index contributed by atoms with van der Waals surface area (Å²) < 4.78 is 27.6. The van der Waals surface area contributed by atoms with Crippen LogP contribution in [0.4, 0.5) is 0 Å². The second-order valence-electron chi connectivity index (χ2n) is 17.9. The van der Waals surface area contributed by atoms with Crippen molar-refractivity contribution in [3.8, 4) is 0 Å². The number of fused-ring (bicyclic) bond motifs is 5. The molecule has 0 aromatic heterocycles. The molecule has 1 spiro atoms. The fourth-order valence-electron chi connectivity index (χ4n) is 11.0. The first-order valence-electron chi connectivity index (χ1n) is 17.9. The van der Waals surface area contributed by atoms with Crippen molar-refractivity contribution < 1.29 is 23.4 Å². The lowest BCUT2D eigenvalue weighted by Crippen LogP contribution is -2.64. The minimum absolute atomic E-state index is 0.120. The molecule has 0 amide bonds. The van der Waals surface area contributed by atoms with Crippen LogP contribution in [0.3, 0.4) is 0 Å². The van der Waals surface area contributed by atoms with Gasteiger partial charge in [-0.25, -0.2) is 0 Å². The number of hydrogen-bond donors (Lipinski definition) is 1. The minimum atomic E-state index is -1.88. The van der Waals surface area contributed by atoms with Gasteiger partial charge in [0.05, 0.1) is 23.9 Å². The lowest BCUT2D eigenvalue weighted by atomic mass is 9.50. The van der Waals surface area contributed by atoms with Crippen molar-refractivity contribution in [2.24, 2.45) is 35.0 Å². The molecule has 242 valence electrons. The van der Waals surface area contributed by atoms with Crippen molar-refractivity contribution in [1.82, 2.24) is 0 Å². The normalized spacial score (nSPS) is 48.7. The van der Waals surface area contributed by atoms with Gasteiger partial charge >= 0.3 is 0 Å². The van der Waals surface area contributed by atoms with Gasteiger partial charge in [0, 0.05) is 18.9 Å². The largest absolute Gasteiger partial charge is 0.417 e. The standard InChI is InChI=1S/C35H64O5Si2/c1-12-42(13-2,14-3)40-30-24-19-28-33(9,38-28)35(20-24)29(39-35)21-34(36)26(30)17-18-32(8)25(15-16-27(32)34)23(4)22-37-41(10,11)31(5,6)7/h23-30,36H,12-22H2,1-11H3/t23-,24-,25-,26+,27-,28-,29+,30+,32-,33-,34+,35-/m1/s1. The van der Waals surface area contributed by atoms with Crippen LogP contribution >= 0.6 is 0 Å². The molecular weight excluding hydrogens is 557 g/mol. The van der Waals surface area contributed by atoms with E-state index in [1.54, 1.807) is 0 Å². The van der Waals surface area contributed by atoms with Gasteiger partial charge in [-0.15, -0.1) is 0 Å². The highest BCUT2D eigenvalue weighted by atomic mass is 28.4. The average Bonchev–Trinajstić information content (AvgIpc) is 3.75. The first kappa shape index (κ1) is 32.2. The highest BCUT2D eigenvalue weighted by Gasteiger charge is 2.83. The first-order chi connectivity index (χ1) is 19.5. The van der Waals surface area contributed by atoms with Crippen molar-refractivity contribution in [3.05, 3.63) is 0 Å². The Morgan fingerprint density at radius 1 is 0.952 bits per heavy atom. The summed E-state index contributed by atoms with van der Waals surface area (Å²) in [5, 5.41) is 13.5. The molecular formula is C35H64O5Si2. The Morgan fingerprint density at radius 2 is 1.62 bits per heavy atom. The molecule has 5 nitrogen and oxygen atoms in total. The summed E-state index contributed by atoms with van der Waals surface area (Å²) in [4.78, 5) is 0. The zero-order valence-electron chi connectivity index (χ0n) is 29.0. The third-order valence-corrected chi connectivity index (χ3v) is 24.4. The Kier molecular flexibility index (Phi) is 7.75. The molecule has 6 aliphatic rings. The van der Waals surface area contributed by atoms with Crippen LogP contribution in [-0.4, -0.2) is 63.5 Å². The Balaban J connectivity index is 1.31. The quantitative estimate of drug-likeness (QED) is 0.207. The highest BCUT2D eigenvalue weighted by molar-refractivity contribution is 6.74. The maximum absolute atomic E-state index is 13.3. The summed E-state index contributed by atoms with van der Waals surface area (Å²) in [5.41, 5.74) is -0.999. The van der Waals surface area contributed by atoms with Crippen LogP contribution in [0.1, 0.15) is 107 Å². The van der Waals surface area contributed by atoms with Gasteiger partial charge in [0.25, 0.3) is 0 Å². The predicted molar refractivity (Wildman–Crippen MR) is 175 cm³/mol. The molecule has 1 N–H and O–H groups in total. The van der Waals surface area contributed by atoms with Crippen LogP contribution in [0.2, 0.25) is 36.3 Å². The molecule has 4 aliphatic carbocycles. The number of hydrogen-bond acceptors (Lipinski definition) is 5. The second kappa shape index (κ2) is 10.1. The van der Waals surface area contributed by atoms with Crippen molar-refractivity contribution in [2.75, 3.05) is 6.61 Å². The predicted octanol–water partition coefficient (Wildman–Crippen LogP) is 8.32. The third kappa shape index (κ3) is 4.51. The summed E-state index contributed by atoms with van der Waals surface area (Å²) in [5.74, 6) is 1.99. The SMILES string of the molecule is CC[Si](CC)(CC)O[C@H]1[C@@H]2C[C@H]3O[C@@]3(C)[C@]3(C2)O[C@H]3C[C@@]2(O)[C@@H]3CC[C@H]([C@H](C)CO[Si](C)(C)C(C)(C)C)[C@@]3(C)CC[C@@H]12. The first-order valence-corrected chi connectivity index (χ1v) is 23.3. The van der Waals surface area contributed by atoms with E-state index < -0.39 is 22.2 Å². The van der Waals surface area contributed by atoms with E-state index in [2.05, 4.69) is 75.4 Å². The molecule has 0 aromatic rings. The molecule has 4 saturated carbocycles.